The van der Waals surface area contributed by atoms with E-state index in [4.69, 9.17) is 0 Å². The lowest BCUT2D eigenvalue weighted by atomic mass is 9.98. The van der Waals surface area contributed by atoms with Crippen LogP contribution in [0.1, 0.15) is 41.5 Å². The summed E-state index contributed by atoms with van der Waals surface area (Å²) in [6.07, 6.45) is 4.72. The fourth-order valence-electron chi connectivity index (χ4n) is 3.12. The summed E-state index contributed by atoms with van der Waals surface area (Å²) in [7, 11) is 2.12. The Balaban J connectivity index is 1.75. The zero-order valence-corrected chi connectivity index (χ0v) is 11.9. The van der Waals surface area contributed by atoms with Crippen molar-refractivity contribution in [3.05, 3.63) is 23.0 Å². The third-order valence-electron chi connectivity index (χ3n) is 4.59. The summed E-state index contributed by atoms with van der Waals surface area (Å²) in [4.78, 5) is 20.2. The predicted molar refractivity (Wildman–Crippen MR) is 75.4 cm³/mol. The van der Waals surface area contributed by atoms with Crippen molar-refractivity contribution in [2.75, 3.05) is 26.7 Å². The van der Waals surface area contributed by atoms with Crippen molar-refractivity contribution in [3.8, 4) is 0 Å². The maximum absolute atomic E-state index is 12.5. The fourth-order valence-corrected chi connectivity index (χ4v) is 3.12. The molecule has 3 rings (SSSR count). The number of hydrogen-bond donors (Lipinski definition) is 1. The molecule has 1 aliphatic heterocycles. The minimum absolute atomic E-state index is 0.175. The molecule has 1 fully saturated rings. The molecule has 1 aliphatic carbocycles. The van der Waals surface area contributed by atoms with E-state index in [-0.39, 0.29) is 5.91 Å². The number of rotatable bonds is 1. The summed E-state index contributed by atoms with van der Waals surface area (Å²) < 4.78 is 0. The van der Waals surface area contributed by atoms with Crippen LogP contribution >= 0.6 is 0 Å². The molecule has 4 heteroatoms. The molecular weight excluding hydrogens is 238 g/mol. The summed E-state index contributed by atoms with van der Waals surface area (Å²) in [6.45, 7) is 4.81. The van der Waals surface area contributed by atoms with Crippen LogP contribution in [0.3, 0.4) is 0 Å². The molecule has 1 unspecified atom stereocenters. The van der Waals surface area contributed by atoms with E-state index in [1.54, 1.807) is 0 Å². The summed E-state index contributed by atoms with van der Waals surface area (Å²) in [5, 5.41) is 0. The van der Waals surface area contributed by atoms with Crippen LogP contribution in [0.25, 0.3) is 0 Å². The van der Waals surface area contributed by atoms with E-state index in [1.165, 1.54) is 24.1 Å². The van der Waals surface area contributed by atoms with Crippen molar-refractivity contribution in [2.45, 2.75) is 38.6 Å². The van der Waals surface area contributed by atoms with Gasteiger partial charge in [0.05, 0.1) is 0 Å². The Labute approximate surface area is 114 Å². The maximum atomic E-state index is 12.5. The van der Waals surface area contributed by atoms with Gasteiger partial charge in [-0.05, 0) is 51.3 Å². The molecule has 1 amide bonds. The molecule has 4 nitrogen and oxygen atoms in total. The second-order valence-corrected chi connectivity index (χ2v) is 5.97. The van der Waals surface area contributed by atoms with Crippen LogP contribution < -0.4 is 0 Å². The Hall–Kier alpha value is -1.29. The van der Waals surface area contributed by atoms with Crippen molar-refractivity contribution in [1.29, 1.82) is 0 Å². The van der Waals surface area contributed by atoms with E-state index >= 15 is 0 Å². The monoisotopic (exact) mass is 261 g/mol. The van der Waals surface area contributed by atoms with Gasteiger partial charge < -0.3 is 14.8 Å². The van der Waals surface area contributed by atoms with Gasteiger partial charge in [-0.2, -0.15) is 0 Å². The molecule has 1 atom stereocenters. The number of nitrogens with one attached hydrogen (secondary N) is 1. The lowest BCUT2D eigenvalue weighted by molar-refractivity contribution is 0.0567. The van der Waals surface area contributed by atoms with E-state index < -0.39 is 0 Å². The van der Waals surface area contributed by atoms with E-state index in [9.17, 15) is 4.79 Å². The van der Waals surface area contributed by atoms with E-state index in [0.29, 0.717) is 6.04 Å². The van der Waals surface area contributed by atoms with Crippen LogP contribution in [0.5, 0.6) is 0 Å². The zero-order chi connectivity index (χ0) is 13.4. The quantitative estimate of drug-likeness (QED) is 0.835. The van der Waals surface area contributed by atoms with E-state index in [1.807, 2.05) is 4.90 Å². The molecule has 0 bridgehead atoms. The van der Waals surface area contributed by atoms with E-state index in [0.717, 1.165) is 38.2 Å². The Morgan fingerprint density at radius 3 is 2.84 bits per heavy atom. The second-order valence-electron chi connectivity index (χ2n) is 5.97. The standard InChI is InChI=1S/C15H23N3O/c1-11-10-18(8-7-17(11)2)15(19)14-9-12-5-3-4-6-13(12)16-14/h9,11,16H,3-8,10H2,1-2H3. The third kappa shape index (κ3) is 2.41. The molecule has 2 heterocycles. The first-order chi connectivity index (χ1) is 9.15. The lowest BCUT2D eigenvalue weighted by Gasteiger charge is -2.37. The summed E-state index contributed by atoms with van der Waals surface area (Å²) in [6, 6.07) is 2.53. The lowest BCUT2D eigenvalue weighted by Crippen LogP contribution is -2.52. The summed E-state index contributed by atoms with van der Waals surface area (Å²) >= 11 is 0. The van der Waals surface area contributed by atoms with Crippen molar-refractivity contribution in [1.82, 2.24) is 14.8 Å². The smallest absolute Gasteiger partial charge is 0.270 e. The molecular formula is C15H23N3O. The van der Waals surface area contributed by atoms with Crippen molar-refractivity contribution in [3.63, 3.8) is 0 Å². The first kappa shape index (κ1) is 12.7. The average Bonchev–Trinajstić information content (AvgIpc) is 2.85. The molecule has 0 radical (unpaired) electrons. The van der Waals surface area contributed by atoms with Gasteiger partial charge in [0.2, 0.25) is 0 Å². The molecule has 0 aromatic carbocycles. The zero-order valence-electron chi connectivity index (χ0n) is 11.9. The van der Waals surface area contributed by atoms with Crippen molar-refractivity contribution in [2.24, 2.45) is 0 Å². The van der Waals surface area contributed by atoms with Gasteiger partial charge in [-0.15, -0.1) is 0 Å². The number of aromatic amines is 1. The first-order valence-corrected chi connectivity index (χ1v) is 7.35. The highest BCUT2D eigenvalue weighted by Crippen LogP contribution is 2.22. The van der Waals surface area contributed by atoms with E-state index in [2.05, 4.69) is 29.9 Å². The largest absolute Gasteiger partial charge is 0.354 e. The molecule has 1 aromatic heterocycles. The summed E-state index contributed by atoms with van der Waals surface area (Å²) in [5.74, 6) is 0.175. The van der Waals surface area contributed by atoms with Crippen molar-refractivity contribution >= 4 is 5.91 Å². The van der Waals surface area contributed by atoms with Crippen LogP contribution in [-0.4, -0.2) is 53.4 Å². The number of carbonyl (C=O) groups is 1. The summed E-state index contributed by atoms with van der Waals surface area (Å²) in [5.41, 5.74) is 3.44. The number of fused-ring (bicyclic) bond motifs is 1. The Kier molecular flexibility index (Phi) is 3.35. The normalized spacial score (nSPS) is 24.3. The molecule has 0 saturated carbocycles. The van der Waals surface area contributed by atoms with Gasteiger partial charge in [-0.25, -0.2) is 0 Å². The van der Waals surface area contributed by atoms with Crippen LogP contribution in [0.4, 0.5) is 0 Å². The number of likely N-dealkylation sites (N-methyl/N-ethyl adjacent to an activating group) is 1. The molecule has 1 saturated heterocycles. The number of nitrogens with zero attached hydrogens (tertiary/aromatic N) is 2. The number of aromatic nitrogens is 1. The predicted octanol–water partition coefficient (Wildman–Crippen LogP) is 1.67. The Bertz CT molecular complexity index is 456. The number of H-pyrrole nitrogens is 1. The molecule has 0 spiro atoms. The highest BCUT2D eigenvalue weighted by atomic mass is 16.2. The van der Waals surface area contributed by atoms with Crippen molar-refractivity contribution < 1.29 is 4.79 Å². The van der Waals surface area contributed by atoms with Gasteiger partial charge in [0.1, 0.15) is 5.69 Å². The molecule has 1 N–H and O–H groups in total. The van der Waals surface area contributed by atoms with Gasteiger partial charge >= 0.3 is 0 Å². The minimum Gasteiger partial charge on any atom is -0.354 e. The first-order valence-electron chi connectivity index (χ1n) is 7.35. The maximum Gasteiger partial charge on any atom is 0.270 e. The van der Waals surface area contributed by atoms with Gasteiger partial charge in [0.15, 0.2) is 0 Å². The minimum atomic E-state index is 0.175. The van der Waals surface area contributed by atoms with Gasteiger partial charge in [0.25, 0.3) is 5.91 Å². The number of piperazine rings is 1. The molecule has 19 heavy (non-hydrogen) atoms. The topological polar surface area (TPSA) is 39.3 Å². The molecule has 104 valence electrons. The van der Waals surface area contributed by atoms with Crippen LogP contribution in [0, 0.1) is 0 Å². The number of aryl methyl sites for hydroxylation is 2. The molecule has 2 aliphatic rings. The van der Waals surface area contributed by atoms with Crippen LogP contribution in [0.2, 0.25) is 0 Å². The second kappa shape index (κ2) is 5.00. The van der Waals surface area contributed by atoms with Gasteiger partial charge in [0, 0.05) is 31.4 Å². The van der Waals surface area contributed by atoms with Crippen LogP contribution in [0.15, 0.2) is 6.07 Å². The SMILES string of the molecule is CC1CN(C(=O)c2cc3c([nH]2)CCCC3)CCN1C. The Morgan fingerprint density at radius 2 is 2.11 bits per heavy atom. The Morgan fingerprint density at radius 1 is 1.32 bits per heavy atom. The number of hydrogen-bond acceptors (Lipinski definition) is 2. The van der Waals surface area contributed by atoms with Gasteiger partial charge in [-0.3, -0.25) is 4.79 Å². The van der Waals surface area contributed by atoms with Crippen LogP contribution in [-0.2, 0) is 12.8 Å². The number of carbonyl (C=O) groups excluding carboxylic acids is 1. The third-order valence-corrected chi connectivity index (χ3v) is 4.59. The highest BCUT2D eigenvalue weighted by Gasteiger charge is 2.26. The number of amides is 1. The fraction of sp³-hybridized carbons (Fsp3) is 0.667. The average molecular weight is 261 g/mol. The molecule has 1 aromatic rings. The van der Waals surface area contributed by atoms with Gasteiger partial charge in [-0.1, -0.05) is 0 Å². The highest BCUT2D eigenvalue weighted by molar-refractivity contribution is 5.93.